The first-order valence-electron chi connectivity index (χ1n) is 13.5. The van der Waals surface area contributed by atoms with E-state index in [0.29, 0.717) is 42.4 Å². The quantitative estimate of drug-likeness (QED) is 0.440. The molecule has 6 unspecified atom stereocenters. The van der Waals surface area contributed by atoms with Gasteiger partial charge in [0.2, 0.25) is 0 Å². The van der Waals surface area contributed by atoms with E-state index in [1.807, 2.05) is 0 Å². The van der Waals surface area contributed by atoms with Crippen LogP contribution in [0.3, 0.4) is 0 Å². The van der Waals surface area contributed by atoms with Gasteiger partial charge in [0, 0.05) is 24.2 Å². The summed E-state index contributed by atoms with van der Waals surface area (Å²) < 4.78 is 13.2. The fourth-order valence-corrected chi connectivity index (χ4v) is 10.3. The van der Waals surface area contributed by atoms with Crippen LogP contribution in [0, 0.1) is 46.3 Å². The van der Waals surface area contributed by atoms with Crippen molar-refractivity contribution in [2.24, 2.45) is 46.3 Å². The minimum atomic E-state index is -1.34. The van der Waals surface area contributed by atoms with Gasteiger partial charge in [0.25, 0.3) is 0 Å². The van der Waals surface area contributed by atoms with Crippen LogP contribution in [0.2, 0.25) is 0 Å². The van der Waals surface area contributed by atoms with E-state index < -0.39 is 35.1 Å². The van der Waals surface area contributed by atoms with E-state index in [1.165, 1.54) is 0 Å². The number of aliphatic hydroxyl groups is 4. The highest BCUT2D eigenvalue weighted by Crippen LogP contribution is 2.71. The molecular formula is C27H44O6. The second-order valence-corrected chi connectivity index (χ2v) is 13.5. The van der Waals surface area contributed by atoms with Gasteiger partial charge in [-0.15, -0.1) is 0 Å². The molecule has 0 aromatic rings. The van der Waals surface area contributed by atoms with Gasteiger partial charge in [-0.3, -0.25) is 0 Å². The van der Waals surface area contributed by atoms with Crippen molar-refractivity contribution < 1.29 is 29.9 Å². The van der Waals surface area contributed by atoms with E-state index in [-0.39, 0.29) is 23.9 Å². The molecule has 188 valence electrons. The lowest BCUT2D eigenvalue weighted by molar-refractivity contribution is -0.286. The Bertz CT molecular complexity index is 795. The zero-order chi connectivity index (χ0) is 23.6. The van der Waals surface area contributed by atoms with Crippen molar-refractivity contribution in [3.63, 3.8) is 0 Å². The number of hydrogen-bond donors (Lipinski definition) is 4. The smallest absolute Gasteiger partial charge is 0.171 e. The average molecular weight is 465 g/mol. The molecule has 0 bridgehead atoms. The van der Waals surface area contributed by atoms with Crippen LogP contribution in [0.5, 0.6) is 0 Å². The molecule has 1 spiro atoms. The fourth-order valence-electron chi connectivity index (χ4n) is 10.3. The molecule has 4 saturated carbocycles. The highest BCUT2D eigenvalue weighted by atomic mass is 16.7. The number of fused-ring (bicyclic) bond motifs is 7. The van der Waals surface area contributed by atoms with E-state index in [4.69, 9.17) is 9.47 Å². The Morgan fingerprint density at radius 1 is 0.879 bits per heavy atom. The summed E-state index contributed by atoms with van der Waals surface area (Å²) in [6.45, 7) is 9.90. The van der Waals surface area contributed by atoms with Gasteiger partial charge in [-0.25, -0.2) is 0 Å². The SMILES string of the molecule is CC1CC[C@@]2(OC1)OC1CC3C4C[C@@H](O)[C@@]5(O)C[C@@H](O)[C@H](O)C[C@]5(C)C4CC[C@]3(C)C1[C@@H]2C. The maximum absolute atomic E-state index is 11.7. The van der Waals surface area contributed by atoms with Crippen LogP contribution < -0.4 is 0 Å². The molecule has 2 heterocycles. The minimum absolute atomic E-state index is 0.0562. The molecule has 4 N–H and O–H groups in total. The molecule has 6 heteroatoms. The average Bonchev–Trinajstić information content (AvgIpc) is 3.19. The molecule has 6 aliphatic rings. The molecule has 0 aromatic carbocycles. The largest absolute Gasteiger partial charge is 0.390 e. The normalized spacial score (nSPS) is 64.7. The van der Waals surface area contributed by atoms with Gasteiger partial charge in [0.15, 0.2) is 5.79 Å². The molecule has 6 nitrogen and oxygen atoms in total. The van der Waals surface area contributed by atoms with Crippen molar-refractivity contribution in [2.45, 2.75) is 115 Å². The van der Waals surface area contributed by atoms with Crippen molar-refractivity contribution in [2.75, 3.05) is 6.61 Å². The summed E-state index contributed by atoms with van der Waals surface area (Å²) >= 11 is 0. The Hall–Kier alpha value is -0.240. The molecule has 6 fully saturated rings. The van der Waals surface area contributed by atoms with Crippen LogP contribution in [0.25, 0.3) is 0 Å². The third-order valence-electron chi connectivity index (χ3n) is 12.2. The highest BCUT2D eigenvalue weighted by Gasteiger charge is 2.72. The van der Waals surface area contributed by atoms with E-state index in [0.717, 1.165) is 38.7 Å². The molecule has 14 atom stereocenters. The summed E-state index contributed by atoms with van der Waals surface area (Å²) in [5.41, 5.74) is -1.79. The molecule has 2 saturated heterocycles. The molecule has 4 aliphatic carbocycles. The summed E-state index contributed by atoms with van der Waals surface area (Å²) in [4.78, 5) is 0. The lowest BCUT2D eigenvalue weighted by Gasteiger charge is -2.66. The summed E-state index contributed by atoms with van der Waals surface area (Å²) in [5.74, 6) is 1.97. The lowest BCUT2D eigenvalue weighted by Crippen LogP contribution is -2.70. The van der Waals surface area contributed by atoms with Crippen LogP contribution in [0.4, 0.5) is 0 Å². The van der Waals surface area contributed by atoms with Crippen molar-refractivity contribution in [1.29, 1.82) is 0 Å². The number of rotatable bonds is 0. The Morgan fingerprint density at radius 2 is 1.61 bits per heavy atom. The molecule has 0 aromatic heterocycles. The van der Waals surface area contributed by atoms with Gasteiger partial charge in [0.05, 0.1) is 36.6 Å². The van der Waals surface area contributed by atoms with Crippen LogP contribution >= 0.6 is 0 Å². The Labute approximate surface area is 198 Å². The zero-order valence-electron chi connectivity index (χ0n) is 20.7. The first-order chi connectivity index (χ1) is 15.5. The van der Waals surface area contributed by atoms with Crippen LogP contribution in [-0.4, -0.2) is 62.8 Å². The van der Waals surface area contributed by atoms with Gasteiger partial charge in [-0.05, 0) is 73.5 Å². The van der Waals surface area contributed by atoms with E-state index in [9.17, 15) is 20.4 Å². The van der Waals surface area contributed by atoms with E-state index in [1.54, 1.807) is 0 Å². The third-order valence-corrected chi connectivity index (χ3v) is 12.2. The second-order valence-electron chi connectivity index (χ2n) is 13.5. The van der Waals surface area contributed by atoms with Crippen molar-refractivity contribution in [3.8, 4) is 0 Å². The number of aliphatic hydroxyl groups excluding tert-OH is 3. The molecule has 6 rings (SSSR count). The third kappa shape index (κ3) is 2.83. The lowest BCUT2D eigenvalue weighted by atomic mass is 9.42. The first kappa shape index (κ1) is 23.2. The fraction of sp³-hybridized carbons (Fsp3) is 1.00. The molecule has 0 radical (unpaired) electrons. The van der Waals surface area contributed by atoms with Crippen molar-refractivity contribution >= 4 is 0 Å². The first-order valence-corrected chi connectivity index (χ1v) is 13.5. The Kier molecular flexibility index (Phi) is 5.03. The van der Waals surface area contributed by atoms with Crippen molar-refractivity contribution in [1.82, 2.24) is 0 Å². The summed E-state index contributed by atoms with van der Waals surface area (Å²) in [7, 11) is 0. The summed E-state index contributed by atoms with van der Waals surface area (Å²) in [6, 6.07) is 0. The van der Waals surface area contributed by atoms with Gasteiger partial charge >= 0.3 is 0 Å². The Morgan fingerprint density at radius 3 is 2.30 bits per heavy atom. The highest BCUT2D eigenvalue weighted by molar-refractivity contribution is 5.20. The molecule has 2 aliphatic heterocycles. The maximum atomic E-state index is 11.7. The number of ether oxygens (including phenoxy) is 2. The van der Waals surface area contributed by atoms with Crippen LogP contribution in [0.1, 0.15) is 79.1 Å². The molecule has 33 heavy (non-hydrogen) atoms. The molecule has 0 amide bonds. The van der Waals surface area contributed by atoms with Gasteiger partial charge in [-0.1, -0.05) is 27.7 Å². The zero-order valence-corrected chi connectivity index (χ0v) is 20.7. The van der Waals surface area contributed by atoms with Gasteiger partial charge in [0.1, 0.15) is 0 Å². The summed E-state index contributed by atoms with van der Waals surface area (Å²) in [6.07, 6.45) is 3.71. The standard InChI is InChI=1S/C27H44O6/c1-14-5-8-27(32-13-14)15(2)23-21(33-27)10-18-16-9-22(30)26(31)12-20(29)19(28)11-25(26,4)17(16)6-7-24(18,23)3/h14-23,28-31H,5-13H2,1-4H3/t14?,15-,16?,17?,18?,19+,20+,21?,22+,23?,24-,25+,26-,27+/m0/s1. The monoisotopic (exact) mass is 464 g/mol. The maximum Gasteiger partial charge on any atom is 0.171 e. The van der Waals surface area contributed by atoms with E-state index in [2.05, 4.69) is 27.7 Å². The molecular weight excluding hydrogens is 420 g/mol. The van der Waals surface area contributed by atoms with Crippen LogP contribution in [0.15, 0.2) is 0 Å². The summed E-state index contributed by atoms with van der Waals surface area (Å²) in [5, 5.41) is 43.8. The van der Waals surface area contributed by atoms with Gasteiger partial charge in [-0.2, -0.15) is 0 Å². The minimum Gasteiger partial charge on any atom is -0.390 e. The predicted octanol–water partition coefficient (Wildman–Crippen LogP) is 2.85. The van der Waals surface area contributed by atoms with E-state index >= 15 is 0 Å². The topological polar surface area (TPSA) is 99.4 Å². The number of hydrogen-bond acceptors (Lipinski definition) is 6. The van der Waals surface area contributed by atoms with Crippen molar-refractivity contribution in [3.05, 3.63) is 0 Å². The Balaban J connectivity index is 1.30. The van der Waals surface area contributed by atoms with Crippen LogP contribution in [-0.2, 0) is 9.47 Å². The second kappa shape index (κ2) is 7.17. The predicted molar refractivity (Wildman–Crippen MR) is 122 cm³/mol. The van der Waals surface area contributed by atoms with Gasteiger partial charge < -0.3 is 29.9 Å².